The molecule has 0 aliphatic heterocycles. The van der Waals surface area contributed by atoms with Crippen molar-refractivity contribution >= 4 is 15.9 Å². The minimum atomic E-state index is -4.25. The van der Waals surface area contributed by atoms with Crippen LogP contribution in [-0.2, 0) is 6.18 Å². The van der Waals surface area contributed by atoms with Crippen molar-refractivity contribution < 1.29 is 13.2 Å². The highest BCUT2D eigenvalue weighted by Gasteiger charge is 2.30. The van der Waals surface area contributed by atoms with Crippen molar-refractivity contribution in [3.8, 4) is 0 Å². The Labute approximate surface area is 89.3 Å². The molecule has 78 valence electrons. The maximum Gasteiger partial charge on any atom is 0.416 e. The molecule has 1 aromatic carbocycles. The van der Waals surface area contributed by atoms with Gasteiger partial charge in [0.15, 0.2) is 0 Å². The van der Waals surface area contributed by atoms with Gasteiger partial charge in [0.2, 0.25) is 0 Å². The maximum absolute atomic E-state index is 12.3. The molecule has 0 radical (unpaired) electrons. The molecule has 1 aromatic rings. The normalized spacial score (nSPS) is 14.1. The Morgan fingerprint density at radius 1 is 1.36 bits per heavy atom. The fourth-order valence-corrected chi connectivity index (χ4v) is 1.43. The van der Waals surface area contributed by atoms with Gasteiger partial charge in [-0.2, -0.15) is 13.2 Å². The molecule has 0 nitrogen and oxygen atoms in total. The molecular formula is C10H10BrF3. The zero-order valence-electron chi connectivity index (χ0n) is 7.61. The molecule has 0 N–H and O–H groups in total. The van der Waals surface area contributed by atoms with Gasteiger partial charge in [-0.25, -0.2) is 0 Å². The summed E-state index contributed by atoms with van der Waals surface area (Å²) in [6, 6.07) is 5.39. The first kappa shape index (κ1) is 11.6. The van der Waals surface area contributed by atoms with Crippen LogP contribution in [0.15, 0.2) is 24.3 Å². The minimum absolute atomic E-state index is 0.00944. The highest BCUT2D eigenvalue weighted by Crippen LogP contribution is 2.33. The van der Waals surface area contributed by atoms with E-state index in [9.17, 15) is 13.2 Å². The second kappa shape index (κ2) is 4.34. The Balaban J connectivity index is 3.01. The second-order valence-electron chi connectivity index (χ2n) is 3.00. The summed E-state index contributed by atoms with van der Waals surface area (Å²) < 4.78 is 37.0. The minimum Gasteiger partial charge on any atom is -0.166 e. The van der Waals surface area contributed by atoms with Gasteiger partial charge in [-0.05, 0) is 18.1 Å². The number of alkyl halides is 4. The summed E-state index contributed by atoms with van der Waals surface area (Å²) in [7, 11) is 0. The third kappa shape index (κ3) is 2.74. The molecule has 0 saturated carbocycles. The fraction of sp³-hybridized carbons (Fsp3) is 0.400. The van der Waals surface area contributed by atoms with E-state index < -0.39 is 11.7 Å². The highest BCUT2D eigenvalue weighted by molar-refractivity contribution is 9.09. The second-order valence-corrected chi connectivity index (χ2v) is 4.10. The molecule has 0 fully saturated rings. The Morgan fingerprint density at radius 2 is 2.00 bits per heavy atom. The van der Waals surface area contributed by atoms with Crippen molar-refractivity contribution in [2.45, 2.75) is 24.3 Å². The molecule has 0 heterocycles. The van der Waals surface area contributed by atoms with E-state index in [0.29, 0.717) is 5.56 Å². The highest BCUT2D eigenvalue weighted by atomic mass is 79.9. The summed E-state index contributed by atoms with van der Waals surface area (Å²) in [6.45, 7) is 1.92. The predicted molar refractivity (Wildman–Crippen MR) is 53.4 cm³/mol. The summed E-state index contributed by atoms with van der Waals surface area (Å²) in [4.78, 5) is -0.00944. The summed E-state index contributed by atoms with van der Waals surface area (Å²) in [5.41, 5.74) is 0.0789. The van der Waals surface area contributed by atoms with Crippen LogP contribution in [0.4, 0.5) is 13.2 Å². The van der Waals surface area contributed by atoms with Gasteiger partial charge in [-0.1, -0.05) is 41.1 Å². The first-order valence-corrected chi connectivity index (χ1v) is 5.18. The van der Waals surface area contributed by atoms with E-state index in [1.54, 1.807) is 6.07 Å². The molecule has 14 heavy (non-hydrogen) atoms. The van der Waals surface area contributed by atoms with Gasteiger partial charge in [0, 0.05) is 4.83 Å². The fourth-order valence-electron chi connectivity index (χ4n) is 1.15. The molecule has 1 rings (SSSR count). The molecule has 1 atom stereocenters. The van der Waals surface area contributed by atoms with E-state index in [2.05, 4.69) is 15.9 Å². The molecule has 0 aliphatic carbocycles. The lowest BCUT2D eigenvalue weighted by Gasteiger charge is -2.11. The van der Waals surface area contributed by atoms with Crippen LogP contribution in [0.3, 0.4) is 0 Å². The summed E-state index contributed by atoms with van der Waals surface area (Å²) in [5.74, 6) is 0. The molecule has 4 heteroatoms. The molecule has 0 bridgehead atoms. The summed E-state index contributed by atoms with van der Waals surface area (Å²) >= 11 is 3.32. The largest absolute Gasteiger partial charge is 0.416 e. The van der Waals surface area contributed by atoms with Crippen LogP contribution in [0.25, 0.3) is 0 Å². The van der Waals surface area contributed by atoms with Gasteiger partial charge in [0.25, 0.3) is 0 Å². The van der Waals surface area contributed by atoms with E-state index in [4.69, 9.17) is 0 Å². The number of halogens is 4. The van der Waals surface area contributed by atoms with E-state index in [1.807, 2.05) is 6.92 Å². The molecule has 0 amide bonds. The van der Waals surface area contributed by atoms with Gasteiger partial charge < -0.3 is 0 Å². The van der Waals surface area contributed by atoms with Gasteiger partial charge in [0.05, 0.1) is 5.56 Å². The molecule has 0 aliphatic rings. The number of benzene rings is 1. The molecule has 0 spiro atoms. The van der Waals surface area contributed by atoms with Crippen LogP contribution in [0.5, 0.6) is 0 Å². The number of rotatable bonds is 2. The van der Waals surface area contributed by atoms with Gasteiger partial charge in [0.1, 0.15) is 0 Å². The van der Waals surface area contributed by atoms with Crippen LogP contribution < -0.4 is 0 Å². The van der Waals surface area contributed by atoms with Crippen LogP contribution in [-0.4, -0.2) is 0 Å². The number of hydrogen-bond acceptors (Lipinski definition) is 0. The van der Waals surface area contributed by atoms with E-state index in [0.717, 1.165) is 12.5 Å². The van der Waals surface area contributed by atoms with Crippen molar-refractivity contribution in [1.82, 2.24) is 0 Å². The van der Waals surface area contributed by atoms with E-state index >= 15 is 0 Å². The molecular weight excluding hydrogens is 257 g/mol. The number of hydrogen-bond donors (Lipinski definition) is 0. The summed E-state index contributed by atoms with van der Waals surface area (Å²) in [6.07, 6.45) is -3.49. The zero-order valence-corrected chi connectivity index (χ0v) is 9.19. The first-order chi connectivity index (χ1) is 6.45. The van der Waals surface area contributed by atoms with Crippen molar-refractivity contribution in [3.63, 3.8) is 0 Å². The standard InChI is InChI=1S/C10H10BrF3/c1-2-9(11)7-4-3-5-8(6-7)10(12,13)14/h3-6,9H,2H2,1H3. The lowest BCUT2D eigenvalue weighted by molar-refractivity contribution is -0.137. The Morgan fingerprint density at radius 3 is 2.50 bits per heavy atom. The van der Waals surface area contributed by atoms with Crippen molar-refractivity contribution in [3.05, 3.63) is 35.4 Å². The Bertz CT molecular complexity index is 306. The van der Waals surface area contributed by atoms with E-state index in [-0.39, 0.29) is 4.83 Å². The van der Waals surface area contributed by atoms with Gasteiger partial charge >= 0.3 is 6.18 Å². The molecule has 0 aromatic heterocycles. The quantitative estimate of drug-likeness (QED) is 0.689. The Hall–Kier alpha value is -0.510. The van der Waals surface area contributed by atoms with Crippen LogP contribution in [0.1, 0.15) is 29.3 Å². The van der Waals surface area contributed by atoms with Gasteiger partial charge in [-0.15, -0.1) is 0 Å². The third-order valence-electron chi connectivity index (χ3n) is 1.93. The zero-order chi connectivity index (χ0) is 10.8. The van der Waals surface area contributed by atoms with Crippen molar-refractivity contribution in [2.24, 2.45) is 0 Å². The average molecular weight is 267 g/mol. The van der Waals surface area contributed by atoms with Gasteiger partial charge in [-0.3, -0.25) is 0 Å². The lowest BCUT2D eigenvalue weighted by atomic mass is 10.1. The van der Waals surface area contributed by atoms with Crippen LogP contribution in [0.2, 0.25) is 0 Å². The first-order valence-electron chi connectivity index (χ1n) is 4.26. The predicted octanol–water partition coefficient (Wildman–Crippen LogP) is 4.55. The third-order valence-corrected chi connectivity index (χ3v) is 3.11. The monoisotopic (exact) mass is 266 g/mol. The SMILES string of the molecule is CCC(Br)c1cccc(C(F)(F)F)c1. The van der Waals surface area contributed by atoms with Crippen molar-refractivity contribution in [2.75, 3.05) is 0 Å². The average Bonchev–Trinajstić information content (AvgIpc) is 2.15. The topological polar surface area (TPSA) is 0 Å². The van der Waals surface area contributed by atoms with E-state index in [1.165, 1.54) is 12.1 Å². The lowest BCUT2D eigenvalue weighted by Crippen LogP contribution is -2.05. The Kier molecular flexibility index (Phi) is 3.59. The van der Waals surface area contributed by atoms with Crippen LogP contribution in [0, 0.1) is 0 Å². The van der Waals surface area contributed by atoms with Crippen LogP contribution >= 0.6 is 15.9 Å². The smallest absolute Gasteiger partial charge is 0.166 e. The molecule has 0 saturated heterocycles. The summed E-state index contributed by atoms with van der Waals surface area (Å²) in [5, 5.41) is 0. The van der Waals surface area contributed by atoms with Crippen molar-refractivity contribution in [1.29, 1.82) is 0 Å². The molecule has 1 unspecified atom stereocenters. The maximum atomic E-state index is 12.3.